The molecule has 0 amide bonds. The first-order chi connectivity index (χ1) is 5.27. The molecular formula is C7H5Br2ClS. The van der Waals surface area contributed by atoms with E-state index in [1.807, 2.05) is 17.1 Å². The number of rotatable bonds is 2. The molecule has 1 rings (SSSR count). The van der Waals surface area contributed by atoms with Gasteiger partial charge in [0, 0.05) is 10.2 Å². The molecule has 0 saturated carbocycles. The molecule has 0 saturated heterocycles. The fourth-order valence-corrected chi connectivity index (χ4v) is 3.34. The van der Waals surface area contributed by atoms with Gasteiger partial charge in [0.2, 0.25) is 0 Å². The molecule has 0 spiro atoms. The van der Waals surface area contributed by atoms with Gasteiger partial charge >= 0.3 is 0 Å². The van der Waals surface area contributed by atoms with Crippen molar-refractivity contribution in [1.29, 1.82) is 0 Å². The summed E-state index contributed by atoms with van der Waals surface area (Å²) in [5.41, 5.74) is 1.21. The fourth-order valence-electron chi connectivity index (χ4n) is 0.636. The second-order valence-corrected chi connectivity index (χ2v) is 4.61. The van der Waals surface area contributed by atoms with Crippen LogP contribution >= 0.6 is 54.8 Å². The molecule has 0 aliphatic rings. The van der Waals surface area contributed by atoms with Crippen molar-refractivity contribution in [1.82, 2.24) is 0 Å². The van der Waals surface area contributed by atoms with Gasteiger partial charge in [-0.2, -0.15) is 0 Å². The standard InChI is InChI=1S/C7H5Br2ClS/c8-3-5(4-9)6-1-2-7(10)11-6/h1-3H,4H2/b5-3-. The zero-order valence-electron chi connectivity index (χ0n) is 5.48. The maximum atomic E-state index is 5.78. The van der Waals surface area contributed by atoms with E-state index >= 15 is 0 Å². The van der Waals surface area contributed by atoms with E-state index in [1.54, 1.807) is 11.3 Å². The molecule has 0 nitrogen and oxygen atoms in total. The third-order valence-electron chi connectivity index (χ3n) is 1.17. The minimum Gasteiger partial charge on any atom is -0.124 e. The third kappa shape index (κ3) is 2.58. The van der Waals surface area contributed by atoms with E-state index in [1.165, 1.54) is 10.5 Å². The Morgan fingerprint density at radius 3 is 2.73 bits per heavy atom. The lowest BCUT2D eigenvalue weighted by Crippen LogP contribution is -1.76. The van der Waals surface area contributed by atoms with Gasteiger partial charge in [-0.1, -0.05) is 43.5 Å². The minimum atomic E-state index is 0.827. The Bertz CT molecular complexity index is 267. The first-order valence-electron chi connectivity index (χ1n) is 2.89. The van der Waals surface area contributed by atoms with Crippen molar-refractivity contribution >= 4 is 60.4 Å². The van der Waals surface area contributed by atoms with Crippen LogP contribution in [0.4, 0.5) is 0 Å². The molecule has 0 fully saturated rings. The number of halogens is 3. The molecule has 60 valence electrons. The summed E-state index contributed by atoms with van der Waals surface area (Å²) in [6.45, 7) is 0. The summed E-state index contributed by atoms with van der Waals surface area (Å²) in [7, 11) is 0. The van der Waals surface area contributed by atoms with Gasteiger partial charge in [0.1, 0.15) is 0 Å². The molecular weight excluding hydrogens is 311 g/mol. The Labute approximate surface area is 91.5 Å². The molecule has 0 radical (unpaired) electrons. The van der Waals surface area contributed by atoms with E-state index in [0.717, 1.165) is 9.67 Å². The van der Waals surface area contributed by atoms with Crippen LogP contribution in [0.5, 0.6) is 0 Å². The molecule has 1 aromatic heterocycles. The number of allylic oxidation sites excluding steroid dienone is 1. The van der Waals surface area contributed by atoms with Gasteiger partial charge in [-0.05, 0) is 22.7 Å². The summed E-state index contributed by atoms with van der Waals surface area (Å²) in [6, 6.07) is 3.92. The minimum absolute atomic E-state index is 0.827. The summed E-state index contributed by atoms with van der Waals surface area (Å²) in [5.74, 6) is 0. The van der Waals surface area contributed by atoms with E-state index in [0.29, 0.717) is 0 Å². The van der Waals surface area contributed by atoms with Gasteiger partial charge < -0.3 is 0 Å². The Kier molecular flexibility index (Phi) is 4.13. The van der Waals surface area contributed by atoms with Crippen molar-refractivity contribution in [3.63, 3.8) is 0 Å². The van der Waals surface area contributed by atoms with E-state index in [4.69, 9.17) is 11.6 Å². The number of alkyl halides is 1. The van der Waals surface area contributed by atoms with Crippen molar-refractivity contribution in [3.05, 3.63) is 26.3 Å². The molecule has 0 atom stereocenters. The molecule has 1 heterocycles. The van der Waals surface area contributed by atoms with Crippen LogP contribution in [-0.2, 0) is 0 Å². The average molecular weight is 316 g/mol. The molecule has 1 aromatic rings. The van der Waals surface area contributed by atoms with Gasteiger partial charge in [0.15, 0.2) is 0 Å². The zero-order valence-corrected chi connectivity index (χ0v) is 10.2. The van der Waals surface area contributed by atoms with Crippen LogP contribution in [-0.4, -0.2) is 5.33 Å². The van der Waals surface area contributed by atoms with Crippen molar-refractivity contribution in [2.45, 2.75) is 0 Å². The topological polar surface area (TPSA) is 0 Å². The summed E-state index contributed by atoms with van der Waals surface area (Å²) in [5, 5.41) is 0.842. The van der Waals surface area contributed by atoms with Crippen molar-refractivity contribution in [2.24, 2.45) is 0 Å². The normalized spacial score (nSPS) is 12.1. The van der Waals surface area contributed by atoms with Gasteiger partial charge in [0.05, 0.1) is 4.34 Å². The van der Waals surface area contributed by atoms with Crippen LogP contribution in [0, 0.1) is 0 Å². The molecule has 0 unspecified atom stereocenters. The monoisotopic (exact) mass is 314 g/mol. The summed E-state index contributed by atoms with van der Waals surface area (Å²) in [6.07, 6.45) is 0. The van der Waals surface area contributed by atoms with Crippen LogP contribution in [0.2, 0.25) is 4.34 Å². The number of thiophene rings is 1. The largest absolute Gasteiger partial charge is 0.124 e. The third-order valence-corrected chi connectivity index (χ3v) is 3.63. The van der Waals surface area contributed by atoms with Crippen LogP contribution in [0.25, 0.3) is 5.57 Å². The molecule has 0 aliphatic carbocycles. The SMILES string of the molecule is Clc1ccc(/C(=C\Br)CBr)s1. The second-order valence-electron chi connectivity index (χ2n) is 1.87. The highest BCUT2D eigenvalue weighted by molar-refractivity contribution is 9.11. The second kappa shape index (κ2) is 4.65. The first-order valence-corrected chi connectivity index (χ1v) is 6.12. The Balaban J connectivity index is 2.91. The molecule has 0 aromatic carbocycles. The van der Waals surface area contributed by atoms with Crippen molar-refractivity contribution in [2.75, 3.05) is 5.33 Å². The molecule has 4 heteroatoms. The van der Waals surface area contributed by atoms with Gasteiger partial charge in [-0.25, -0.2) is 0 Å². The first kappa shape index (κ1) is 9.78. The van der Waals surface area contributed by atoms with Gasteiger partial charge in [0.25, 0.3) is 0 Å². The van der Waals surface area contributed by atoms with Crippen LogP contribution in [0.3, 0.4) is 0 Å². The zero-order chi connectivity index (χ0) is 8.27. The highest BCUT2D eigenvalue weighted by atomic mass is 79.9. The highest BCUT2D eigenvalue weighted by Gasteiger charge is 2.01. The van der Waals surface area contributed by atoms with Gasteiger partial charge in [-0.3, -0.25) is 0 Å². The average Bonchev–Trinajstić information content (AvgIpc) is 2.39. The van der Waals surface area contributed by atoms with Crippen LogP contribution in [0.15, 0.2) is 17.1 Å². The molecule has 11 heavy (non-hydrogen) atoms. The maximum Gasteiger partial charge on any atom is 0.0934 e. The quantitative estimate of drug-likeness (QED) is 0.703. The molecule has 0 bridgehead atoms. The number of hydrogen-bond acceptors (Lipinski definition) is 1. The van der Waals surface area contributed by atoms with Crippen LogP contribution < -0.4 is 0 Å². The van der Waals surface area contributed by atoms with Crippen LogP contribution in [0.1, 0.15) is 4.88 Å². The fraction of sp³-hybridized carbons (Fsp3) is 0.143. The number of hydrogen-bond donors (Lipinski definition) is 0. The lowest BCUT2D eigenvalue weighted by molar-refractivity contribution is 1.78. The van der Waals surface area contributed by atoms with E-state index in [-0.39, 0.29) is 0 Å². The van der Waals surface area contributed by atoms with Crippen molar-refractivity contribution < 1.29 is 0 Å². The lowest BCUT2D eigenvalue weighted by Gasteiger charge is -1.94. The Morgan fingerprint density at radius 1 is 1.64 bits per heavy atom. The van der Waals surface area contributed by atoms with Gasteiger partial charge in [-0.15, -0.1) is 11.3 Å². The highest BCUT2D eigenvalue weighted by Crippen LogP contribution is 2.29. The predicted octanol–water partition coefficient (Wildman–Crippen LogP) is 4.53. The lowest BCUT2D eigenvalue weighted by atomic mass is 10.3. The smallest absolute Gasteiger partial charge is 0.0934 e. The van der Waals surface area contributed by atoms with E-state index in [2.05, 4.69) is 31.9 Å². The Hall–Kier alpha value is 0.690. The summed E-state index contributed by atoms with van der Waals surface area (Å²) in [4.78, 5) is 3.10. The molecule has 0 aliphatic heterocycles. The predicted molar refractivity (Wildman–Crippen MR) is 60.0 cm³/mol. The summed E-state index contributed by atoms with van der Waals surface area (Å²) < 4.78 is 0.827. The van der Waals surface area contributed by atoms with Crippen molar-refractivity contribution in [3.8, 4) is 0 Å². The summed E-state index contributed by atoms with van der Waals surface area (Å²) >= 11 is 14.0. The Morgan fingerprint density at radius 2 is 2.36 bits per heavy atom. The van der Waals surface area contributed by atoms with E-state index in [9.17, 15) is 0 Å². The molecule has 0 N–H and O–H groups in total. The van der Waals surface area contributed by atoms with E-state index < -0.39 is 0 Å². The maximum absolute atomic E-state index is 5.78.